The largest absolute Gasteiger partial charge is 0.353 e. The van der Waals surface area contributed by atoms with Crippen LogP contribution in [0.5, 0.6) is 0 Å². The van der Waals surface area contributed by atoms with Crippen LogP contribution in [0, 0.1) is 0 Å². The topological polar surface area (TPSA) is 64.6 Å². The van der Waals surface area contributed by atoms with Crippen molar-refractivity contribution in [2.45, 2.75) is 388 Å². The molecular weight excluding hydrogens is 953 g/mol. The molecule has 0 aliphatic rings. The van der Waals surface area contributed by atoms with E-state index in [1.165, 1.54) is 257 Å². The summed E-state index contributed by atoms with van der Waals surface area (Å²) in [4.78, 5) is 0. The van der Waals surface area contributed by atoms with Crippen LogP contribution < -0.4 is 0 Å². The minimum absolute atomic E-state index is 0.00446. The van der Waals surface area contributed by atoms with Crippen molar-refractivity contribution in [2.75, 3.05) is 39.6 Å². The normalized spacial score (nSPS) is 13.0. The van der Waals surface area contributed by atoms with E-state index >= 15 is 0 Å². The third-order valence-corrected chi connectivity index (χ3v) is 15.2. The van der Waals surface area contributed by atoms with Crippen molar-refractivity contribution in [3.8, 4) is 0 Å². The average molecular weight is 1090 g/mol. The molecule has 0 aliphatic heterocycles. The molecule has 0 spiro atoms. The Morgan fingerprint density at radius 3 is 0.714 bits per heavy atom. The van der Waals surface area contributed by atoms with E-state index in [-0.39, 0.29) is 25.2 Å². The molecule has 0 bridgehead atoms. The molecule has 0 amide bonds. The van der Waals surface area contributed by atoms with Gasteiger partial charge in [0.2, 0.25) is 0 Å². The van der Waals surface area contributed by atoms with Crippen molar-refractivity contribution in [2.24, 2.45) is 0 Å². The van der Waals surface area contributed by atoms with Crippen molar-refractivity contribution in [1.82, 2.24) is 0 Å². The molecule has 0 aromatic rings. The molecule has 0 aromatic heterocycles. The molecule has 0 fully saturated rings. The second-order valence-corrected chi connectivity index (χ2v) is 23.1. The van der Waals surface area contributed by atoms with E-state index < -0.39 is 0 Å². The Morgan fingerprint density at radius 2 is 0.429 bits per heavy atom. The summed E-state index contributed by atoms with van der Waals surface area (Å²) in [6.45, 7) is 18.4. The molecule has 2 atom stereocenters. The molecular formula is C70H138O7. The first kappa shape index (κ1) is 76.2. The highest BCUT2D eigenvalue weighted by molar-refractivity contribution is 4.90. The fraction of sp³-hybridized carbons (Fsp3) is 0.943. The third-order valence-electron chi connectivity index (χ3n) is 15.2. The van der Waals surface area contributed by atoms with Gasteiger partial charge in [-0.25, -0.2) is 0 Å². The Morgan fingerprint density at radius 1 is 0.221 bits per heavy atom. The molecule has 7 nitrogen and oxygen atoms in total. The second kappa shape index (κ2) is 67.7. The molecule has 0 radical (unpaired) electrons. The zero-order chi connectivity index (χ0) is 55.7. The van der Waals surface area contributed by atoms with Crippen LogP contribution in [0.3, 0.4) is 0 Å². The summed E-state index contributed by atoms with van der Waals surface area (Å²) in [7, 11) is 0. The minimum atomic E-state index is -0.377. The molecule has 2 unspecified atom stereocenters. The van der Waals surface area contributed by atoms with Crippen LogP contribution in [0.25, 0.3) is 0 Å². The summed E-state index contributed by atoms with van der Waals surface area (Å²) in [6, 6.07) is 0. The van der Waals surface area contributed by atoms with Crippen LogP contribution in [0.1, 0.15) is 363 Å². The Bertz CT molecular complexity index is 1010. The molecule has 0 N–H and O–H groups in total. The minimum Gasteiger partial charge on any atom is -0.353 e. The first-order chi connectivity index (χ1) is 38.1. The van der Waals surface area contributed by atoms with Gasteiger partial charge in [0.15, 0.2) is 25.2 Å². The van der Waals surface area contributed by atoms with E-state index in [0.717, 1.165) is 104 Å². The van der Waals surface area contributed by atoms with Crippen LogP contribution in [-0.2, 0) is 33.2 Å². The van der Waals surface area contributed by atoms with Crippen molar-refractivity contribution < 1.29 is 33.2 Å². The van der Waals surface area contributed by atoms with E-state index in [0.29, 0.717) is 0 Å². The number of hydrogen-bond donors (Lipinski definition) is 0. The highest BCUT2D eigenvalue weighted by Gasteiger charge is 2.15. The number of ether oxygens (including phenoxy) is 7. The van der Waals surface area contributed by atoms with Crippen molar-refractivity contribution in [3.05, 3.63) is 24.3 Å². The fourth-order valence-electron chi connectivity index (χ4n) is 10.0. The molecule has 0 aromatic carbocycles. The molecule has 460 valence electrons. The van der Waals surface area contributed by atoms with Crippen LogP contribution in [0.4, 0.5) is 0 Å². The number of unbranched alkanes of at least 4 members (excludes halogenated alkanes) is 40. The standard InChI is InChI=1S/C70H138O7/c1-7-13-19-21-23-39-45-55-65-75-69(59-49-43-37-33-29-25-27-31-35-41-47-57-67(71-61-51-15-9-3)72-62-52-16-10-4)77-70(76-66-56-46-40-24-22-20-14-8-2)60-50-44-38-34-30-26-28-32-36-42-48-58-68(73-63-53-17-11-5)74-64-54-18-12-6/h49-50,59-60,67-70H,7-48,51-58,61-66H2,1-6H3. The van der Waals surface area contributed by atoms with Crippen LogP contribution in [-0.4, -0.2) is 64.8 Å². The Labute approximate surface area is 482 Å². The third kappa shape index (κ3) is 61.1. The zero-order valence-electron chi connectivity index (χ0n) is 53.1. The van der Waals surface area contributed by atoms with Crippen molar-refractivity contribution in [1.29, 1.82) is 0 Å². The maximum Gasteiger partial charge on any atom is 0.180 e. The monoisotopic (exact) mass is 1090 g/mol. The van der Waals surface area contributed by atoms with E-state index in [1.54, 1.807) is 0 Å². The van der Waals surface area contributed by atoms with Gasteiger partial charge in [-0.05, 0) is 102 Å². The molecule has 0 rings (SSSR count). The van der Waals surface area contributed by atoms with Gasteiger partial charge in [-0.3, -0.25) is 0 Å². The molecule has 0 aliphatic carbocycles. The van der Waals surface area contributed by atoms with Crippen LogP contribution in [0.15, 0.2) is 24.3 Å². The smallest absolute Gasteiger partial charge is 0.180 e. The van der Waals surface area contributed by atoms with E-state index in [1.807, 2.05) is 0 Å². The molecule has 0 saturated heterocycles. The van der Waals surface area contributed by atoms with E-state index in [9.17, 15) is 0 Å². The molecule has 0 heterocycles. The summed E-state index contributed by atoms with van der Waals surface area (Å²) in [5.74, 6) is 0. The van der Waals surface area contributed by atoms with Gasteiger partial charge >= 0.3 is 0 Å². The van der Waals surface area contributed by atoms with Gasteiger partial charge < -0.3 is 33.2 Å². The number of allylic oxidation sites excluding steroid dienone is 2. The first-order valence-corrected chi connectivity index (χ1v) is 34.8. The Kier molecular flexibility index (Phi) is 67.0. The van der Waals surface area contributed by atoms with Crippen molar-refractivity contribution in [3.63, 3.8) is 0 Å². The lowest BCUT2D eigenvalue weighted by Gasteiger charge is -2.22. The average Bonchev–Trinajstić information content (AvgIpc) is 3.44. The van der Waals surface area contributed by atoms with Crippen LogP contribution in [0.2, 0.25) is 0 Å². The highest BCUT2D eigenvalue weighted by Crippen LogP contribution is 2.19. The predicted molar refractivity (Wildman–Crippen MR) is 335 cm³/mol. The lowest BCUT2D eigenvalue weighted by atomic mass is 10.1. The molecule has 7 heteroatoms. The SMILES string of the molecule is CCCCCCCCCCOC(C=CCCCCCCCCCCCC(OCCCCC)OCCCCC)OC(C=CCCCCCCCCCCCC(OCCCCC)OCCCCC)OCCCCCCCCCC. The van der Waals surface area contributed by atoms with Gasteiger partial charge in [-0.2, -0.15) is 0 Å². The molecule has 0 saturated carbocycles. The fourth-order valence-corrected chi connectivity index (χ4v) is 10.0. The van der Waals surface area contributed by atoms with E-state index in [4.69, 9.17) is 33.2 Å². The number of hydrogen-bond acceptors (Lipinski definition) is 7. The summed E-state index contributed by atoms with van der Waals surface area (Å²) >= 11 is 0. The Balaban J connectivity index is 4.98. The summed E-state index contributed by atoms with van der Waals surface area (Å²) in [5.41, 5.74) is 0. The van der Waals surface area contributed by atoms with Crippen molar-refractivity contribution >= 4 is 0 Å². The number of rotatable bonds is 68. The summed E-state index contributed by atoms with van der Waals surface area (Å²) < 4.78 is 44.2. The lowest BCUT2D eigenvalue weighted by molar-refractivity contribution is -0.208. The highest BCUT2D eigenvalue weighted by atomic mass is 16.8. The zero-order valence-corrected chi connectivity index (χ0v) is 53.1. The molecule has 77 heavy (non-hydrogen) atoms. The maximum absolute atomic E-state index is 6.68. The predicted octanol–water partition coefficient (Wildman–Crippen LogP) is 23.1. The van der Waals surface area contributed by atoms with Gasteiger partial charge in [0, 0.05) is 26.4 Å². The van der Waals surface area contributed by atoms with Gasteiger partial charge in [-0.15, -0.1) is 0 Å². The van der Waals surface area contributed by atoms with Crippen LogP contribution >= 0.6 is 0 Å². The Hall–Kier alpha value is -0.800. The van der Waals surface area contributed by atoms with E-state index in [2.05, 4.69) is 65.8 Å². The van der Waals surface area contributed by atoms with Gasteiger partial charge in [-0.1, -0.05) is 285 Å². The summed E-state index contributed by atoms with van der Waals surface area (Å²) in [5, 5.41) is 0. The summed E-state index contributed by atoms with van der Waals surface area (Å²) in [6.07, 6.45) is 71.2. The van der Waals surface area contributed by atoms with Gasteiger partial charge in [0.05, 0.1) is 13.2 Å². The maximum atomic E-state index is 6.68. The van der Waals surface area contributed by atoms with Gasteiger partial charge in [0.1, 0.15) is 0 Å². The second-order valence-electron chi connectivity index (χ2n) is 23.1. The first-order valence-electron chi connectivity index (χ1n) is 34.8. The quantitative estimate of drug-likeness (QED) is 0.0342. The van der Waals surface area contributed by atoms with Gasteiger partial charge in [0.25, 0.3) is 0 Å². The lowest BCUT2D eigenvalue weighted by Crippen LogP contribution is -2.25.